The molecular formula is C24H25N5O4. The van der Waals surface area contributed by atoms with Crippen LogP contribution in [-0.4, -0.2) is 41.5 Å². The highest BCUT2D eigenvalue weighted by atomic mass is 16.5. The zero-order valence-electron chi connectivity index (χ0n) is 18.5. The second-order valence-corrected chi connectivity index (χ2v) is 8.18. The van der Waals surface area contributed by atoms with Crippen LogP contribution in [0.15, 0.2) is 41.5 Å². The fourth-order valence-corrected chi connectivity index (χ4v) is 3.93. The van der Waals surface area contributed by atoms with E-state index >= 15 is 0 Å². The van der Waals surface area contributed by atoms with Gasteiger partial charge in [-0.2, -0.15) is 10.4 Å². The third kappa shape index (κ3) is 4.60. The van der Waals surface area contributed by atoms with Crippen molar-refractivity contribution in [2.75, 3.05) is 16.8 Å². The number of carboxylic acids is 1. The van der Waals surface area contributed by atoms with Crippen molar-refractivity contribution in [2.45, 2.75) is 45.2 Å². The molecule has 2 aromatic rings. The van der Waals surface area contributed by atoms with E-state index in [1.165, 1.54) is 6.42 Å². The summed E-state index contributed by atoms with van der Waals surface area (Å²) < 4.78 is 5.98. The first kappa shape index (κ1) is 22.1. The highest BCUT2D eigenvalue weighted by Gasteiger charge is 2.36. The van der Waals surface area contributed by atoms with E-state index < -0.39 is 5.97 Å². The van der Waals surface area contributed by atoms with Gasteiger partial charge >= 0.3 is 0 Å². The number of benzene rings is 2. The third-order valence-electron chi connectivity index (χ3n) is 5.85. The van der Waals surface area contributed by atoms with Gasteiger partial charge < -0.3 is 20.1 Å². The third-order valence-corrected chi connectivity index (χ3v) is 5.85. The molecule has 0 radical (unpaired) electrons. The predicted octanol–water partition coefficient (Wildman–Crippen LogP) is 3.31. The van der Waals surface area contributed by atoms with E-state index in [1.807, 2.05) is 42.2 Å². The largest absolute Gasteiger partial charge is 0.483 e. The summed E-state index contributed by atoms with van der Waals surface area (Å²) in [6.07, 6.45) is 3.53. The Kier molecular flexibility index (Phi) is 6.18. The van der Waals surface area contributed by atoms with Crippen molar-refractivity contribution in [1.29, 1.82) is 5.26 Å². The summed E-state index contributed by atoms with van der Waals surface area (Å²) in [5.41, 5.74) is 7.07. The molecule has 0 bridgehead atoms. The molecule has 3 N–H and O–H groups in total. The molecule has 2 aliphatic heterocycles. The molecule has 3 aliphatic rings. The Bertz CT molecular complexity index is 1140. The van der Waals surface area contributed by atoms with E-state index in [1.54, 1.807) is 0 Å². The SMILES string of the molecule is CC(=O)O.CC1C(=O)NN=C2COc3cc(-c4ccc(C#N)cc4)c(NC4CCC4)cc3N21. The van der Waals surface area contributed by atoms with Gasteiger partial charge in [0.25, 0.3) is 11.9 Å². The number of carboxylic acid groups (broad SMARTS) is 1. The van der Waals surface area contributed by atoms with E-state index in [2.05, 4.69) is 28.0 Å². The molecule has 1 aliphatic carbocycles. The molecule has 9 heteroatoms. The zero-order valence-corrected chi connectivity index (χ0v) is 18.5. The van der Waals surface area contributed by atoms with E-state index in [4.69, 9.17) is 19.9 Å². The van der Waals surface area contributed by atoms with Crippen LogP contribution in [0.5, 0.6) is 5.75 Å². The van der Waals surface area contributed by atoms with Gasteiger partial charge in [0.15, 0.2) is 5.84 Å². The number of anilines is 2. The molecule has 1 amide bonds. The number of hydrogen-bond donors (Lipinski definition) is 3. The Balaban J connectivity index is 0.000000601. The number of aliphatic carboxylic acids is 1. The lowest BCUT2D eigenvalue weighted by atomic mass is 9.91. The molecular weight excluding hydrogens is 422 g/mol. The van der Waals surface area contributed by atoms with Crippen molar-refractivity contribution in [2.24, 2.45) is 5.10 Å². The number of carbonyl (C=O) groups is 2. The van der Waals surface area contributed by atoms with Gasteiger partial charge in [0, 0.05) is 24.2 Å². The molecule has 33 heavy (non-hydrogen) atoms. The van der Waals surface area contributed by atoms with E-state index in [9.17, 15) is 4.79 Å². The van der Waals surface area contributed by atoms with Gasteiger partial charge in [0.2, 0.25) is 0 Å². The van der Waals surface area contributed by atoms with Crippen molar-refractivity contribution in [1.82, 2.24) is 5.43 Å². The first-order valence-electron chi connectivity index (χ1n) is 10.8. The topological polar surface area (TPSA) is 127 Å². The van der Waals surface area contributed by atoms with Crippen LogP contribution in [0.25, 0.3) is 11.1 Å². The number of nitrogens with zero attached hydrogens (tertiary/aromatic N) is 3. The van der Waals surface area contributed by atoms with Crippen molar-refractivity contribution in [3.63, 3.8) is 0 Å². The van der Waals surface area contributed by atoms with Gasteiger partial charge in [0.05, 0.1) is 17.3 Å². The lowest BCUT2D eigenvalue weighted by molar-refractivity contribution is -0.134. The monoisotopic (exact) mass is 447 g/mol. The quantitative estimate of drug-likeness (QED) is 0.659. The first-order chi connectivity index (χ1) is 15.9. The molecule has 0 aromatic heterocycles. The number of amides is 1. The molecule has 1 saturated carbocycles. The first-order valence-corrected chi connectivity index (χ1v) is 10.8. The van der Waals surface area contributed by atoms with Crippen molar-refractivity contribution < 1.29 is 19.4 Å². The van der Waals surface area contributed by atoms with Crippen molar-refractivity contribution in [3.8, 4) is 22.9 Å². The standard InChI is InChI=1S/C22H21N5O2.C2H4O2/c1-13-22(28)26-25-21-12-29-20-9-17(15-7-5-14(11-23)6-8-15)18(10-19(20)27(13)21)24-16-3-2-4-16;1-2(3)4/h5-10,13,16,24H,2-4,12H2,1H3,(H,26,28);1H3,(H,3,4). The zero-order chi connectivity index (χ0) is 23.5. The van der Waals surface area contributed by atoms with Gasteiger partial charge in [-0.15, -0.1) is 0 Å². The number of nitrogens with one attached hydrogen (secondary N) is 2. The summed E-state index contributed by atoms with van der Waals surface area (Å²) in [6.45, 7) is 3.26. The summed E-state index contributed by atoms with van der Waals surface area (Å²) in [5.74, 6) is 0.459. The molecule has 9 nitrogen and oxygen atoms in total. The van der Waals surface area contributed by atoms with Crippen LogP contribution >= 0.6 is 0 Å². The number of amidine groups is 1. The van der Waals surface area contributed by atoms with Crippen LogP contribution in [-0.2, 0) is 9.59 Å². The molecule has 0 spiro atoms. The molecule has 1 atom stereocenters. The fourth-order valence-electron chi connectivity index (χ4n) is 3.93. The van der Waals surface area contributed by atoms with Crippen LogP contribution in [0, 0.1) is 11.3 Å². The average molecular weight is 447 g/mol. The highest BCUT2D eigenvalue weighted by Crippen LogP contribution is 2.43. The molecule has 2 aromatic carbocycles. The minimum absolute atomic E-state index is 0.133. The second kappa shape index (κ2) is 9.20. The van der Waals surface area contributed by atoms with E-state index in [0.717, 1.165) is 48.0 Å². The van der Waals surface area contributed by atoms with Crippen LogP contribution < -0.4 is 20.4 Å². The summed E-state index contributed by atoms with van der Waals surface area (Å²) in [5, 5.41) is 24.3. The lowest BCUT2D eigenvalue weighted by Gasteiger charge is -2.39. The van der Waals surface area contributed by atoms with Crippen LogP contribution in [0.2, 0.25) is 0 Å². The summed E-state index contributed by atoms with van der Waals surface area (Å²) in [6, 6.07) is 13.9. The number of carbonyl (C=O) groups excluding carboxylic acids is 1. The number of rotatable bonds is 3. The summed E-state index contributed by atoms with van der Waals surface area (Å²) >= 11 is 0. The van der Waals surface area contributed by atoms with E-state index in [0.29, 0.717) is 24.0 Å². The van der Waals surface area contributed by atoms with Crippen molar-refractivity contribution in [3.05, 3.63) is 42.0 Å². The van der Waals surface area contributed by atoms with Crippen LogP contribution in [0.4, 0.5) is 11.4 Å². The van der Waals surface area contributed by atoms with Crippen LogP contribution in [0.1, 0.15) is 38.7 Å². The maximum absolute atomic E-state index is 12.2. The number of ether oxygens (including phenoxy) is 1. The fraction of sp³-hybridized carbons (Fsp3) is 0.333. The normalized spacial score (nSPS) is 18.6. The molecule has 170 valence electrons. The predicted molar refractivity (Wildman–Crippen MR) is 124 cm³/mol. The van der Waals surface area contributed by atoms with Gasteiger partial charge in [-0.3, -0.25) is 9.59 Å². The Hall–Kier alpha value is -4.06. The molecule has 5 rings (SSSR count). The number of hydrogen-bond acceptors (Lipinski definition) is 7. The van der Waals surface area contributed by atoms with Gasteiger partial charge in [-0.25, -0.2) is 5.43 Å². The smallest absolute Gasteiger partial charge is 0.300 e. The number of nitriles is 1. The molecule has 2 heterocycles. The average Bonchev–Trinajstić information content (AvgIpc) is 2.77. The van der Waals surface area contributed by atoms with Gasteiger partial charge in [-0.05, 0) is 56.0 Å². The maximum Gasteiger partial charge on any atom is 0.300 e. The summed E-state index contributed by atoms with van der Waals surface area (Å²) in [4.78, 5) is 23.1. The highest BCUT2D eigenvalue weighted by molar-refractivity contribution is 6.10. The van der Waals surface area contributed by atoms with Gasteiger partial charge in [0.1, 0.15) is 18.4 Å². The number of fused-ring (bicyclic) bond motifs is 3. The Morgan fingerprint density at radius 3 is 2.61 bits per heavy atom. The van der Waals surface area contributed by atoms with Crippen molar-refractivity contribution >= 4 is 29.1 Å². The minimum atomic E-state index is -0.833. The Labute approximate surface area is 191 Å². The van der Waals surface area contributed by atoms with Crippen LogP contribution in [0.3, 0.4) is 0 Å². The Morgan fingerprint density at radius 2 is 2.00 bits per heavy atom. The summed E-state index contributed by atoms with van der Waals surface area (Å²) in [7, 11) is 0. The molecule has 1 fully saturated rings. The maximum atomic E-state index is 12.2. The molecule has 0 saturated heterocycles. The van der Waals surface area contributed by atoms with E-state index in [-0.39, 0.29) is 11.9 Å². The Morgan fingerprint density at radius 1 is 1.30 bits per heavy atom. The number of hydrazone groups is 1. The lowest BCUT2D eigenvalue weighted by Crippen LogP contribution is -2.55. The minimum Gasteiger partial charge on any atom is -0.483 e. The second-order valence-electron chi connectivity index (χ2n) is 8.18. The molecule has 1 unspecified atom stereocenters. The van der Waals surface area contributed by atoms with Gasteiger partial charge in [-0.1, -0.05) is 12.1 Å².